The Balaban J connectivity index is 2.17. The van der Waals surface area contributed by atoms with Crippen molar-refractivity contribution < 1.29 is 4.39 Å². The van der Waals surface area contributed by atoms with Gasteiger partial charge >= 0.3 is 0 Å². The quantitative estimate of drug-likeness (QED) is 0.394. The van der Waals surface area contributed by atoms with Crippen LogP contribution in [0.4, 0.5) is 4.39 Å². The minimum atomic E-state index is 0.167. The summed E-state index contributed by atoms with van der Waals surface area (Å²) in [6, 6.07) is 0. The van der Waals surface area contributed by atoms with Crippen LogP contribution in [-0.2, 0) is 0 Å². The van der Waals surface area contributed by atoms with Crippen LogP contribution in [0.15, 0.2) is 0 Å². The molecule has 0 aromatic carbocycles. The number of hydrogen-bond acceptors (Lipinski definition) is 0. The molecule has 4 heavy (non-hydrogen) atoms. The predicted molar refractivity (Wildman–Crippen MR) is 13.6 cm³/mol. The topological polar surface area (TPSA) is 0 Å². The van der Waals surface area contributed by atoms with E-state index in [1.165, 1.54) is 0 Å². The Morgan fingerprint density at radius 1 is 1.50 bits per heavy atom. The number of rotatable bonds is 0. The molecule has 0 amide bonds. The van der Waals surface area contributed by atoms with Crippen molar-refractivity contribution in [1.29, 1.82) is 0 Å². The van der Waals surface area contributed by atoms with Crippen molar-refractivity contribution in [2.24, 2.45) is 0 Å². The van der Waals surface area contributed by atoms with Crippen LogP contribution in [-0.4, -0.2) is 0 Å². The molecule has 0 heterocycles. The smallest absolute Gasteiger partial charge is 0.145 e. The molecule has 1 rings (SSSR count). The molecule has 1 radical (unpaired) electrons. The molecule has 0 aromatic heterocycles. The van der Waals surface area contributed by atoms with Gasteiger partial charge in [-0.15, -0.1) is 0 Å². The third-order valence-electron chi connectivity index (χ3n) is 0.439. The van der Waals surface area contributed by atoms with Gasteiger partial charge in [0.25, 0.3) is 0 Å². The molecule has 0 unspecified atom stereocenters. The van der Waals surface area contributed by atoms with E-state index in [9.17, 15) is 4.39 Å². The van der Waals surface area contributed by atoms with Gasteiger partial charge in [0.2, 0.25) is 0 Å². The average Bonchev–Trinajstić information content (AvgIpc) is 1.75. The van der Waals surface area contributed by atoms with Crippen LogP contribution in [0, 0.1) is 6.17 Å². The maximum Gasteiger partial charge on any atom is 0.145 e. The van der Waals surface area contributed by atoms with Crippen molar-refractivity contribution in [2.75, 3.05) is 0 Å². The van der Waals surface area contributed by atoms with Crippen LogP contribution in [0.1, 0.15) is 12.8 Å². The largest absolute Gasteiger partial charge is 0.240 e. The van der Waals surface area contributed by atoms with Crippen LogP contribution >= 0.6 is 0 Å². The lowest BCUT2D eigenvalue weighted by molar-refractivity contribution is 0.598. The van der Waals surface area contributed by atoms with Gasteiger partial charge in [-0.3, -0.25) is 0 Å². The van der Waals surface area contributed by atoms with Gasteiger partial charge in [0.05, 0.1) is 0 Å². The fourth-order valence-corrected chi connectivity index (χ4v) is 0.0472. The Labute approximate surface area is 24.6 Å². The molecule has 0 aromatic rings. The molecule has 1 aliphatic carbocycles. The van der Waals surface area contributed by atoms with Crippen molar-refractivity contribution in [1.82, 2.24) is 0 Å². The van der Waals surface area contributed by atoms with Crippen LogP contribution in [0.3, 0.4) is 0 Å². The minimum absolute atomic E-state index is 0.167. The van der Waals surface area contributed by atoms with E-state index in [-0.39, 0.29) is 6.17 Å². The second kappa shape index (κ2) is 0.449. The Morgan fingerprint density at radius 3 is 1.75 bits per heavy atom. The van der Waals surface area contributed by atoms with Gasteiger partial charge in [-0.05, 0) is 12.8 Å². The van der Waals surface area contributed by atoms with E-state index in [1.54, 1.807) is 0 Å². The lowest BCUT2D eigenvalue weighted by atomic mass is 10.9. The first-order valence-corrected chi connectivity index (χ1v) is 1.40. The van der Waals surface area contributed by atoms with Crippen LogP contribution in [0.5, 0.6) is 0 Å². The Hall–Kier alpha value is -0.0700. The van der Waals surface area contributed by atoms with Gasteiger partial charge < -0.3 is 0 Å². The molecule has 0 aliphatic heterocycles. The highest BCUT2D eigenvalue weighted by Gasteiger charge is 2.20. The zero-order chi connectivity index (χ0) is 2.99. The molecule has 0 saturated heterocycles. The minimum Gasteiger partial charge on any atom is -0.240 e. The van der Waals surface area contributed by atoms with E-state index in [0.29, 0.717) is 0 Å². The molecule has 0 spiro atoms. The summed E-state index contributed by atoms with van der Waals surface area (Å²) in [5, 5.41) is 0. The Kier molecular flexibility index (Phi) is 0.245. The van der Waals surface area contributed by atoms with Gasteiger partial charge in [-0.1, -0.05) is 0 Å². The second-order valence-corrected chi connectivity index (χ2v) is 1.02. The zero-order valence-electron chi connectivity index (χ0n) is 2.29. The molecule has 1 heteroatoms. The molecular formula is C3H4F. The highest BCUT2D eigenvalue weighted by molar-refractivity contribution is 4.92. The first-order chi connectivity index (χ1) is 1.89. The van der Waals surface area contributed by atoms with Crippen molar-refractivity contribution in [3.8, 4) is 0 Å². The average molecular weight is 59.1 g/mol. The fraction of sp³-hybridized carbons (Fsp3) is 0.667. The third-order valence-corrected chi connectivity index (χ3v) is 0.439. The highest BCUT2D eigenvalue weighted by atomic mass is 19.1. The van der Waals surface area contributed by atoms with Gasteiger partial charge in [-0.2, -0.15) is 0 Å². The van der Waals surface area contributed by atoms with Crippen LogP contribution < -0.4 is 0 Å². The fourth-order valence-electron chi connectivity index (χ4n) is 0.0472. The Bertz CT molecular complexity index is 22.5. The summed E-state index contributed by atoms with van der Waals surface area (Å²) in [7, 11) is 0. The monoisotopic (exact) mass is 59.0 g/mol. The number of hydrogen-bond donors (Lipinski definition) is 0. The van der Waals surface area contributed by atoms with Crippen molar-refractivity contribution >= 4 is 0 Å². The molecule has 1 aliphatic rings. The van der Waals surface area contributed by atoms with E-state index in [1.807, 2.05) is 0 Å². The summed E-state index contributed by atoms with van der Waals surface area (Å²) < 4.78 is 11.0. The summed E-state index contributed by atoms with van der Waals surface area (Å²) in [6.45, 7) is 0. The summed E-state index contributed by atoms with van der Waals surface area (Å²) in [5.41, 5.74) is 0. The SMILES string of the molecule is F[C]1CC1. The number of halogens is 1. The summed E-state index contributed by atoms with van der Waals surface area (Å²) in [4.78, 5) is 0. The van der Waals surface area contributed by atoms with Gasteiger partial charge in [-0.25, -0.2) is 4.39 Å². The lowest BCUT2D eigenvalue weighted by Gasteiger charge is -1.48. The lowest BCUT2D eigenvalue weighted by Crippen LogP contribution is -1.31. The predicted octanol–water partition coefficient (Wildman–Crippen LogP) is 1.28. The zero-order valence-corrected chi connectivity index (χ0v) is 2.29. The molecule has 0 bridgehead atoms. The molecule has 0 N–H and O–H groups in total. The second-order valence-electron chi connectivity index (χ2n) is 1.02. The van der Waals surface area contributed by atoms with E-state index in [4.69, 9.17) is 0 Å². The summed E-state index contributed by atoms with van der Waals surface area (Å²) in [5.74, 6) is 0. The maximum atomic E-state index is 11.0. The van der Waals surface area contributed by atoms with Gasteiger partial charge in [0.15, 0.2) is 0 Å². The molecule has 0 atom stereocenters. The van der Waals surface area contributed by atoms with Crippen molar-refractivity contribution in [3.05, 3.63) is 6.17 Å². The Morgan fingerprint density at radius 2 is 1.75 bits per heavy atom. The molecule has 1 fully saturated rings. The van der Waals surface area contributed by atoms with Crippen molar-refractivity contribution in [3.63, 3.8) is 0 Å². The van der Waals surface area contributed by atoms with E-state index in [2.05, 4.69) is 0 Å². The highest BCUT2D eigenvalue weighted by Crippen LogP contribution is 2.32. The van der Waals surface area contributed by atoms with E-state index < -0.39 is 0 Å². The molecule has 1 saturated carbocycles. The molecular weight excluding hydrogens is 55.0 g/mol. The van der Waals surface area contributed by atoms with Crippen LogP contribution in [0.2, 0.25) is 0 Å². The first-order valence-electron chi connectivity index (χ1n) is 1.40. The molecule has 0 nitrogen and oxygen atoms in total. The van der Waals surface area contributed by atoms with Crippen molar-refractivity contribution in [2.45, 2.75) is 12.8 Å². The molecule has 23 valence electrons. The normalized spacial score (nSPS) is 26.2. The maximum absolute atomic E-state index is 11.0. The summed E-state index contributed by atoms with van der Waals surface area (Å²) >= 11 is 0. The van der Waals surface area contributed by atoms with E-state index in [0.717, 1.165) is 12.8 Å². The first kappa shape index (κ1) is 2.18. The van der Waals surface area contributed by atoms with Gasteiger partial charge in [0, 0.05) is 0 Å². The van der Waals surface area contributed by atoms with E-state index >= 15 is 0 Å². The standard InChI is InChI=1S/C3H4F/c4-3-1-2-3/h1-2H2. The summed E-state index contributed by atoms with van der Waals surface area (Å²) in [6.07, 6.45) is 1.64. The van der Waals surface area contributed by atoms with Gasteiger partial charge in [0.1, 0.15) is 6.17 Å². The third kappa shape index (κ3) is 0.194. The van der Waals surface area contributed by atoms with Crippen LogP contribution in [0.25, 0.3) is 0 Å².